The van der Waals surface area contributed by atoms with Crippen LogP contribution >= 0.6 is 0 Å². The average Bonchev–Trinajstić information content (AvgIpc) is 2.78. The van der Waals surface area contributed by atoms with Gasteiger partial charge < -0.3 is 30.5 Å². The molecule has 1 aromatic heterocycles. The Morgan fingerprint density at radius 1 is 1.25 bits per heavy atom. The summed E-state index contributed by atoms with van der Waals surface area (Å²) in [5, 5.41) is 13.5. The summed E-state index contributed by atoms with van der Waals surface area (Å²) in [5.41, 5.74) is 8.49. The Bertz CT molecular complexity index is 650. The molecule has 0 saturated carbocycles. The number of methoxy groups -OCH3 is 1. The van der Waals surface area contributed by atoms with Gasteiger partial charge in [0.15, 0.2) is 6.29 Å². The summed E-state index contributed by atoms with van der Waals surface area (Å²) in [5.74, 6) is 1.36. The minimum absolute atomic E-state index is 0.0781. The molecule has 0 bridgehead atoms. The summed E-state index contributed by atoms with van der Waals surface area (Å²) < 4.78 is 24.6. The van der Waals surface area contributed by atoms with Crippen LogP contribution in [0.1, 0.15) is 50.8 Å². The van der Waals surface area contributed by atoms with E-state index in [1.807, 2.05) is 13.8 Å². The maximum atomic E-state index is 14.2. The Morgan fingerprint density at radius 2 is 2.06 bits per heavy atom. The number of nitrogens with zero attached hydrogens (tertiary/aromatic N) is 2. The van der Waals surface area contributed by atoms with Crippen molar-refractivity contribution in [3.05, 3.63) is 23.4 Å². The molecule has 1 aromatic rings. The minimum atomic E-state index is -1.05. The van der Waals surface area contributed by atoms with Gasteiger partial charge in [-0.05, 0) is 69.2 Å². The fourth-order valence-corrected chi connectivity index (χ4v) is 3.85. The standard InChI is InChI=1S/C24H43FN4O3/c1-18(2)16-32-24(30)22(26)11-14-29(15-20(25)17-31-3)13-5-4-8-21-10-9-19-7-6-12-27-23(19)28-21/h9-10,18,20,22,24,30H,4-8,11-17,26H2,1-3H3,(H,27,28)/t20-,22-,24?/m0/s1. The summed E-state index contributed by atoms with van der Waals surface area (Å²) in [6.45, 7) is 7.24. The summed E-state index contributed by atoms with van der Waals surface area (Å²) >= 11 is 0. The summed E-state index contributed by atoms with van der Waals surface area (Å²) in [4.78, 5) is 6.82. The highest BCUT2D eigenvalue weighted by molar-refractivity contribution is 5.46. The van der Waals surface area contributed by atoms with Crippen molar-refractivity contribution in [1.29, 1.82) is 0 Å². The number of aliphatic hydroxyl groups excluding tert-OH is 1. The SMILES string of the molecule is COC[C@@H](F)CN(CCCCc1ccc2c(n1)NCCC2)CC[C@H](N)C(O)OCC(C)C. The van der Waals surface area contributed by atoms with E-state index in [1.54, 1.807) is 0 Å². The van der Waals surface area contributed by atoms with Gasteiger partial charge >= 0.3 is 0 Å². The van der Waals surface area contributed by atoms with Gasteiger partial charge in [0.25, 0.3) is 0 Å². The lowest BCUT2D eigenvalue weighted by atomic mass is 10.1. The van der Waals surface area contributed by atoms with E-state index in [-0.39, 0.29) is 6.61 Å². The third-order valence-electron chi connectivity index (χ3n) is 5.66. The van der Waals surface area contributed by atoms with Crippen molar-refractivity contribution >= 4 is 5.82 Å². The number of ether oxygens (including phenoxy) is 2. The van der Waals surface area contributed by atoms with Gasteiger partial charge in [-0.15, -0.1) is 0 Å². The Morgan fingerprint density at radius 3 is 2.81 bits per heavy atom. The Balaban J connectivity index is 1.77. The van der Waals surface area contributed by atoms with Gasteiger partial charge in [-0.25, -0.2) is 9.37 Å². The van der Waals surface area contributed by atoms with Crippen LogP contribution in [0.2, 0.25) is 0 Å². The van der Waals surface area contributed by atoms with Gasteiger partial charge in [0.1, 0.15) is 12.0 Å². The molecule has 184 valence electrons. The summed E-state index contributed by atoms with van der Waals surface area (Å²) in [6, 6.07) is 3.81. The zero-order chi connectivity index (χ0) is 23.3. The molecule has 0 amide bonds. The molecule has 0 fully saturated rings. The first-order valence-electron chi connectivity index (χ1n) is 12.0. The molecule has 4 N–H and O–H groups in total. The molecule has 1 aliphatic heterocycles. The molecular weight excluding hydrogens is 411 g/mol. The third-order valence-corrected chi connectivity index (χ3v) is 5.66. The van der Waals surface area contributed by atoms with E-state index in [9.17, 15) is 9.50 Å². The van der Waals surface area contributed by atoms with E-state index in [1.165, 1.54) is 12.7 Å². The van der Waals surface area contributed by atoms with Gasteiger partial charge in [-0.2, -0.15) is 0 Å². The molecule has 2 heterocycles. The predicted molar refractivity (Wildman–Crippen MR) is 127 cm³/mol. The van der Waals surface area contributed by atoms with E-state index in [4.69, 9.17) is 20.2 Å². The summed E-state index contributed by atoms with van der Waals surface area (Å²) in [6.07, 6.45) is 3.57. The van der Waals surface area contributed by atoms with Crippen LogP contribution in [0.5, 0.6) is 0 Å². The van der Waals surface area contributed by atoms with Gasteiger partial charge in [0.2, 0.25) is 0 Å². The first-order chi connectivity index (χ1) is 15.4. The van der Waals surface area contributed by atoms with Crippen LogP contribution in [-0.2, 0) is 22.3 Å². The lowest BCUT2D eigenvalue weighted by Crippen LogP contribution is -2.42. The number of halogens is 1. The second-order valence-electron chi connectivity index (χ2n) is 9.22. The Labute approximate surface area is 192 Å². The zero-order valence-electron chi connectivity index (χ0n) is 20.1. The van der Waals surface area contributed by atoms with Gasteiger partial charge in [0, 0.05) is 25.9 Å². The second-order valence-corrected chi connectivity index (χ2v) is 9.22. The number of alkyl halides is 1. The number of hydrogen-bond acceptors (Lipinski definition) is 7. The number of aryl methyl sites for hydroxylation is 2. The highest BCUT2D eigenvalue weighted by Crippen LogP contribution is 2.20. The van der Waals surface area contributed by atoms with Crippen molar-refractivity contribution in [3.8, 4) is 0 Å². The van der Waals surface area contributed by atoms with Gasteiger partial charge in [0.05, 0.1) is 19.3 Å². The van der Waals surface area contributed by atoms with Crippen LogP contribution in [-0.4, -0.2) is 80.0 Å². The van der Waals surface area contributed by atoms with Crippen LogP contribution in [0.3, 0.4) is 0 Å². The smallest absolute Gasteiger partial charge is 0.169 e. The molecule has 1 aliphatic rings. The second kappa shape index (κ2) is 14.8. The number of pyridine rings is 1. The monoisotopic (exact) mass is 454 g/mol. The number of unbranched alkanes of at least 4 members (excludes halogenated alkanes) is 1. The quantitative estimate of drug-likeness (QED) is 0.261. The molecule has 8 heteroatoms. The lowest BCUT2D eigenvalue weighted by molar-refractivity contribution is -0.122. The van der Waals surface area contributed by atoms with Gasteiger partial charge in [-0.3, -0.25) is 0 Å². The lowest BCUT2D eigenvalue weighted by Gasteiger charge is -2.27. The fraction of sp³-hybridized carbons (Fsp3) is 0.792. The number of aromatic nitrogens is 1. The first-order valence-corrected chi connectivity index (χ1v) is 12.0. The van der Waals surface area contributed by atoms with Crippen molar-refractivity contribution in [2.75, 3.05) is 51.8 Å². The topological polar surface area (TPSA) is 92.9 Å². The van der Waals surface area contributed by atoms with E-state index < -0.39 is 18.5 Å². The van der Waals surface area contributed by atoms with Crippen molar-refractivity contribution < 1.29 is 19.0 Å². The average molecular weight is 455 g/mol. The maximum absolute atomic E-state index is 14.2. The van der Waals surface area contributed by atoms with Crippen LogP contribution in [0.15, 0.2) is 12.1 Å². The highest BCUT2D eigenvalue weighted by Gasteiger charge is 2.19. The predicted octanol–water partition coefficient (Wildman–Crippen LogP) is 2.76. The molecule has 2 rings (SSSR count). The number of fused-ring (bicyclic) bond motifs is 1. The zero-order valence-corrected chi connectivity index (χ0v) is 20.1. The van der Waals surface area contributed by atoms with Gasteiger partial charge in [-0.1, -0.05) is 19.9 Å². The molecule has 0 radical (unpaired) electrons. The van der Waals surface area contributed by atoms with E-state index >= 15 is 0 Å². The number of nitrogens with one attached hydrogen (secondary N) is 1. The minimum Gasteiger partial charge on any atom is -0.382 e. The van der Waals surface area contributed by atoms with Crippen LogP contribution in [0.25, 0.3) is 0 Å². The summed E-state index contributed by atoms with van der Waals surface area (Å²) in [7, 11) is 1.51. The fourth-order valence-electron chi connectivity index (χ4n) is 3.85. The van der Waals surface area contributed by atoms with Crippen LogP contribution < -0.4 is 11.1 Å². The molecule has 0 aromatic carbocycles. The molecule has 0 saturated heterocycles. The Hall–Kier alpha value is -1.32. The first kappa shape index (κ1) is 26.9. The number of anilines is 1. The largest absolute Gasteiger partial charge is 0.382 e. The van der Waals surface area contributed by atoms with Crippen molar-refractivity contribution in [2.24, 2.45) is 11.7 Å². The van der Waals surface area contributed by atoms with Crippen LogP contribution in [0, 0.1) is 5.92 Å². The van der Waals surface area contributed by atoms with E-state index in [2.05, 4.69) is 22.3 Å². The van der Waals surface area contributed by atoms with Crippen molar-refractivity contribution in [1.82, 2.24) is 9.88 Å². The molecule has 3 atom stereocenters. The van der Waals surface area contributed by atoms with E-state index in [0.29, 0.717) is 32.0 Å². The normalized spacial score (nSPS) is 16.6. The molecule has 0 spiro atoms. The third kappa shape index (κ3) is 10.1. The number of nitrogens with two attached hydrogens (primary N) is 1. The molecule has 0 aliphatic carbocycles. The molecular formula is C24H43FN4O3. The van der Waals surface area contributed by atoms with Crippen molar-refractivity contribution in [3.63, 3.8) is 0 Å². The molecule has 1 unspecified atom stereocenters. The molecule has 32 heavy (non-hydrogen) atoms. The number of aliphatic hydroxyl groups is 1. The number of rotatable bonds is 16. The van der Waals surface area contributed by atoms with Crippen molar-refractivity contribution in [2.45, 2.75) is 70.9 Å². The van der Waals surface area contributed by atoms with E-state index in [0.717, 1.165) is 56.7 Å². The number of hydrogen-bond donors (Lipinski definition) is 3. The maximum Gasteiger partial charge on any atom is 0.169 e. The van der Waals surface area contributed by atoms with Crippen LogP contribution in [0.4, 0.5) is 10.2 Å². The Kier molecular flexibility index (Phi) is 12.4. The highest BCUT2D eigenvalue weighted by atomic mass is 19.1. The molecule has 7 nitrogen and oxygen atoms in total.